The first-order valence-electron chi connectivity index (χ1n) is 6.83. The fourth-order valence-corrected chi connectivity index (χ4v) is 3.19. The minimum Gasteiger partial charge on any atom is -0.352 e. The Hall–Kier alpha value is -0.900. The second-order valence-electron chi connectivity index (χ2n) is 5.13. The molecule has 1 aliphatic rings. The van der Waals surface area contributed by atoms with Crippen molar-refractivity contribution in [2.24, 2.45) is 0 Å². The molecule has 19 heavy (non-hydrogen) atoms. The molecule has 0 aromatic heterocycles. The number of hydrogen-bond acceptors (Lipinski definition) is 1. The highest BCUT2D eigenvalue weighted by molar-refractivity contribution is 9.09. The zero-order valence-electron chi connectivity index (χ0n) is 10.9. The van der Waals surface area contributed by atoms with E-state index in [1.165, 1.54) is 31.4 Å². The summed E-state index contributed by atoms with van der Waals surface area (Å²) in [4.78, 5) is 12.4. The lowest BCUT2D eigenvalue weighted by molar-refractivity contribution is -0.121. The van der Waals surface area contributed by atoms with Gasteiger partial charge in [0.05, 0.1) is 6.42 Å². The van der Waals surface area contributed by atoms with Gasteiger partial charge in [0.2, 0.25) is 5.91 Å². The fraction of sp³-hybridized carbons (Fsp3) is 0.533. The number of halogens is 2. The van der Waals surface area contributed by atoms with Crippen LogP contribution < -0.4 is 5.32 Å². The Morgan fingerprint density at radius 1 is 1.21 bits per heavy atom. The highest BCUT2D eigenvalue weighted by Crippen LogP contribution is 2.23. The lowest BCUT2D eigenvalue weighted by Gasteiger charge is -2.21. The molecule has 1 amide bonds. The van der Waals surface area contributed by atoms with Crippen molar-refractivity contribution in [3.63, 3.8) is 0 Å². The van der Waals surface area contributed by atoms with Gasteiger partial charge in [-0.05, 0) is 30.5 Å². The SMILES string of the molecule is O=C(Cc1ccc(F)cc1)NC1CCCCCC1Br. The molecule has 1 aromatic carbocycles. The molecule has 4 heteroatoms. The van der Waals surface area contributed by atoms with Crippen molar-refractivity contribution in [2.75, 3.05) is 0 Å². The maximum Gasteiger partial charge on any atom is 0.224 e. The highest BCUT2D eigenvalue weighted by Gasteiger charge is 2.22. The van der Waals surface area contributed by atoms with Gasteiger partial charge in [0, 0.05) is 10.9 Å². The molecule has 0 heterocycles. The van der Waals surface area contributed by atoms with Crippen LogP contribution in [0.15, 0.2) is 24.3 Å². The van der Waals surface area contributed by atoms with Crippen molar-refractivity contribution in [3.8, 4) is 0 Å². The molecule has 2 unspecified atom stereocenters. The molecule has 2 nitrogen and oxygen atoms in total. The summed E-state index contributed by atoms with van der Waals surface area (Å²) in [5.41, 5.74) is 0.846. The van der Waals surface area contributed by atoms with Crippen LogP contribution in [0.4, 0.5) is 4.39 Å². The van der Waals surface area contributed by atoms with Crippen molar-refractivity contribution in [1.29, 1.82) is 0 Å². The zero-order valence-corrected chi connectivity index (χ0v) is 12.5. The molecule has 0 saturated heterocycles. The quantitative estimate of drug-likeness (QED) is 0.667. The third-order valence-corrected chi connectivity index (χ3v) is 4.65. The van der Waals surface area contributed by atoms with Crippen LogP contribution in [0, 0.1) is 5.82 Å². The molecule has 1 fully saturated rings. The smallest absolute Gasteiger partial charge is 0.224 e. The van der Waals surface area contributed by atoms with Crippen LogP contribution in [0.2, 0.25) is 0 Å². The number of hydrogen-bond donors (Lipinski definition) is 1. The molecule has 2 atom stereocenters. The van der Waals surface area contributed by atoms with Gasteiger partial charge in [0.1, 0.15) is 5.82 Å². The largest absolute Gasteiger partial charge is 0.352 e. The third kappa shape index (κ3) is 4.60. The van der Waals surface area contributed by atoms with Crippen molar-refractivity contribution in [2.45, 2.75) is 49.4 Å². The van der Waals surface area contributed by atoms with Gasteiger partial charge in [0.15, 0.2) is 0 Å². The van der Waals surface area contributed by atoms with Crippen LogP contribution in [0.25, 0.3) is 0 Å². The maximum atomic E-state index is 12.8. The third-order valence-electron chi connectivity index (χ3n) is 3.56. The van der Waals surface area contributed by atoms with Crippen molar-refractivity contribution in [1.82, 2.24) is 5.32 Å². The lowest BCUT2D eigenvalue weighted by Crippen LogP contribution is -2.41. The summed E-state index contributed by atoms with van der Waals surface area (Å²) in [7, 11) is 0. The van der Waals surface area contributed by atoms with Crippen LogP contribution in [-0.4, -0.2) is 16.8 Å². The normalized spacial score (nSPS) is 23.7. The molecule has 1 N–H and O–H groups in total. The van der Waals surface area contributed by atoms with Gasteiger partial charge in [-0.1, -0.05) is 47.3 Å². The van der Waals surface area contributed by atoms with Gasteiger partial charge in [-0.15, -0.1) is 0 Å². The number of rotatable bonds is 3. The summed E-state index contributed by atoms with van der Waals surface area (Å²) >= 11 is 3.66. The molecule has 1 aliphatic carbocycles. The Labute approximate surface area is 121 Å². The van der Waals surface area contributed by atoms with E-state index < -0.39 is 0 Å². The van der Waals surface area contributed by atoms with Crippen LogP contribution in [0.3, 0.4) is 0 Å². The number of carbonyl (C=O) groups excluding carboxylic acids is 1. The van der Waals surface area contributed by atoms with Crippen LogP contribution in [0.5, 0.6) is 0 Å². The van der Waals surface area contributed by atoms with E-state index in [9.17, 15) is 9.18 Å². The van der Waals surface area contributed by atoms with Gasteiger partial charge in [-0.25, -0.2) is 4.39 Å². The first-order chi connectivity index (χ1) is 9.15. The van der Waals surface area contributed by atoms with Gasteiger partial charge in [-0.2, -0.15) is 0 Å². The minimum absolute atomic E-state index is 0.0166. The molecule has 0 bridgehead atoms. The number of alkyl halides is 1. The second kappa shape index (κ2) is 7.04. The Bertz CT molecular complexity index is 421. The Morgan fingerprint density at radius 2 is 1.89 bits per heavy atom. The summed E-state index contributed by atoms with van der Waals surface area (Å²) in [6.45, 7) is 0. The maximum absolute atomic E-state index is 12.8. The molecule has 1 saturated carbocycles. The molecule has 2 rings (SSSR count). The van der Waals surface area contributed by atoms with Gasteiger partial charge >= 0.3 is 0 Å². The number of carbonyl (C=O) groups is 1. The molecule has 1 aromatic rings. The van der Waals surface area contributed by atoms with Crippen LogP contribution in [-0.2, 0) is 11.2 Å². The van der Waals surface area contributed by atoms with Gasteiger partial charge in [0.25, 0.3) is 0 Å². The molecule has 0 spiro atoms. The van der Waals surface area contributed by atoms with E-state index in [4.69, 9.17) is 0 Å². The van der Waals surface area contributed by atoms with Crippen LogP contribution >= 0.6 is 15.9 Å². The van der Waals surface area contributed by atoms with Gasteiger partial charge < -0.3 is 5.32 Å². The molecule has 104 valence electrons. The Morgan fingerprint density at radius 3 is 2.63 bits per heavy atom. The predicted molar refractivity (Wildman–Crippen MR) is 77.8 cm³/mol. The molecular weight excluding hydrogens is 309 g/mol. The first-order valence-corrected chi connectivity index (χ1v) is 7.74. The minimum atomic E-state index is -0.270. The highest BCUT2D eigenvalue weighted by atomic mass is 79.9. The van der Waals surface area contributed by atoms with E-state index in [0.29, 0.717) is 11.2 Å². The first kappa shape index (κ1) is 14.5. The summed E-state index contributed by atoms with van der Waals surface area (Å²) in [5.74, 6) is -0.253. The summed E-state index contributed by atoms with van der Waals surface area (Å²) in [6.07, 6.45) is 6.10. The van der Waals surface area contributed by atoms with E-state index in [2.05, 4.69) is 21.2 Å². The number of nitrogens with one attached hydrogen (secondary N) is 1. The average Bonchev–Trinajstić information content (AvgIpc) is 2.58. The topological polar surface area (TPSA) is 29.1 Å². The summed E-state index contributed by atoms with van der Waals surface area (Å²) in [6, 6.07) is 6.32. The molecule has 0 radical (unpaired) electrons. The van der Waals surface area contributed by atoms with E-state index in [1.54, 1.807) is 12.1 Å². The van der Waals surface area contributed by atoms with E-state index in [-0.39, 0.29) is 17.8 Å². The molecule has 0 aliphatic heterocycles. The fourth-order valence-electron chi connectivity index (χ4n) is 2.47. The molecular formula is C15H19BrFNO. The van der Waals surface area contributed by atoms with Gasteiger partial charge in [-0.3, -0.25) is 4.79 Å². The summed E-state index contributed by atoms with van der Waals surface area (Å²) in [5, 5.41) is 3.09. The Kier molecular flexibility index (Phi) is 5.37. The second-order valence-corrected chi connectivity index (χ2v) is 6.31. The summed E-state index contributed by atoms with van der Waals surface area (Å²) < 4.78 is 12.8. The van der Waals surface area contributed by atoms with E-state index >= 15 is 0 Å². The number of amides is 1. The van der Waals surface area contributed by atoms with E-state index in [1.807, 2.05) is 0 Å². The van der Waals surface area contributed by atoms with Crippen molar-refractivity contribution >= 4 is 21.8 Å². The standard InChI is InChI=1S/C15H19BrFNO/c16-13-4-2-1-3-5-14(13)18-15(19)10-11-6-8-12(17)9-7-11/h6-9,13-14H,1-5,10H2,(H,18,19). The Balaban J connectivity index is 1.87. The lowest BCUT2D eigenvalue weighted by atomic mass is 10.1. The van der Waals surface area contributed by atoms with Crippen LogP contribution in [0.1, 0.15) is 37.7 Å². The average molecular weight is 328 g/mol. The predicted octanol–water partition coefficient (Wildman–Crippen LogP) is 3.58. The van der Waals surface area contributed by atoms with Crippen molar-refractivity contribution < 1.29 is 9.18 Å². The van der Waals surface area contributed by atoms with Crippen molar-refractivity contribution in [3.05, 3.63) is 35.6 Å². The monoisotopic (exact) mass is 327 g/mol. The number of benzene rings is 1. The zero-order chi connectivity index (χ0) is 13.7. The van der Waals surface area contributed by atoms with E-state index in [0.717, 1.165) is 18.4 Å².